The molecule has 0 atom stereocenters. The van der Waals surface area contributed by atoms with E-state index in [9.17, 15) is 0 Å². The summed E-state index contributed by atoms with van der Waals surface area (Å²) in [5.74, 6) is 2.42. The molecular weight excluding hydrogens is 274 g/mol. The van der Waals surface area contributed by atoms with E-state index in [4.69, 9.17) is 4.74 Å². The quantitative estimate of drug-likeness (QED) is 0.757. The van der Waals surface area contributed by atoms with Crippen molar-refractivity contribution < 1.29 is 4.74 Å². The number of nitrogens with zero attached hydrogens (tertiary/aromatic N) is 2. The predicted molar refractivity (Wildman–Crippen MR) is 85.7 cm³/mol. The van der Waals surface area contributed by atoms with Gasteiger partial charge in [-0.15, -0.1) is 0 Å². The molecule has 0 aliphatic rings. The van der Waals surface area contributed by atoms with E-state index in [1.165, 1.54) is 11.1 Å². The highest BCUT2D eigenvalue weighted by atomic mass is 16.5. The SMILES string of the molecule is Cc1ccc(OCc2nc(CCc3ccccc3)n[nH]2)cc1. The van der Waals surface area contributed by atoms with E-state index in [2.05, 4.69) is 34.2 Å². The van der Waals surface area contributed by atoms with Gasteiger partial charge in [0.1, 0.15) is 12.4 Å². The van der Waals surface area contributed by atoms with Gasteiger partial charge in [-0.25, -0.2) is 4.98 Å². The summed E-state index contributed by atoms with van der Waals surface area (Å²) in [5, 5.41) is 7.18. The Kier molecular flexibility index (Phi) is 4.49. The van der Waals surface area contributed by atoms with E-state index in [0.717, 1.165) is 30.2 Å². The zero-order chi connectivity index (χ0) is 15.2. The van der Waals surface area contributed by atoms with Gasteiger partial charge < -0.3 is 4.74 Å². The molecule has 2 aromatic carbocycles. The Labute approximate surface area is 130 Å². The fourth-order valence-electron chi connectivity index (χ4n) is 2.20. The highest BCUT2D eigenvalue weighted by Crippen LogP contribution is 2.12. The van der Waals surface area contributed by atoms with Crippen LogP contribution in [0.25, 0.3) is 0 Å². The van der Waals surface area contributed by atoms with Crippen molar-refractivity contribution in [2.75, 3.05) is 0 Å². The number of H-pyrrole nitrogens is 1. The molecule has 0 radical (unpaired) electrons. The summed E-state index contributed by atoms with van der Waals surface area (Å²) in [6.45, 7) is 2.46. The van der Waals surface area contributed by atoms with Crippen LogP contribution in [-0.4, -0.2) is 15.2 Å². The van der Waals surface area contributed by atoms with Crippen LogP contribution >= 0.6 is 0 Å². The first-order valence-electron chi connectivity index (χ1n) is 7.43. The number of aromatic amines is 1. The smallest absolute Gasteiger partial charge is 0.162 e. The Balaban J connectivity index is 1.51. The molecule has 1 heterocycles. The van der Waals surface area contributed by atoms with Crippen molar-refractivity contribution in [3.05, 3.63) is 77.4 Å². The molecule has 112 valence electrons. The minimum absolute atomic E-state index is 0.404. The average molecular weight is 293 g/mol. The molecule has 0 amide bonds. The molecule has 4 heteroatoms. The maximum atomic E-state index is 5.69. The van der Waals surface area contributed by atoms with Crippen molar-refractivity contribution in [2.24, 2.45) is 0 Å². The molecule has 0 unspecified atom stereocenters. The second-order valence-corrected chi connectivity index (χ2v) is 5.29. The molecule has 0 aliphatic carbocycles. The average Bonchev–Trinajstić information content (AvgIpc) is 3.01. The van der Waals surface area contributed by atoms with E-state index in [-0.39, 0.29) is 0 Å². The summed E-state index contributed by atoms with van der Waals surface area (Å²) >= 11 is 0. The normalized spacial score (nSPS) is 10.6. The van der Waals surface area contributed by atoms with Gasteiger partial charge in [-0.1, -0.05) is 48.0 Å². The van der Waals surface area contributed by atoms with Crippen LogP contribution in [0.15, 0.2) is 54.6 Å². The van der Waals surface area contributed by atoms with E-state index >= 15 is 0 Å². The molecule has 1 aromatic heterocycles. The standard InChI is InChI=1S/C18H19N3O/c1-14-7-10-16(11-8-14)22-13-18-19-17(20-21-18)12-9-15-5-3-2-4-6-15/h2-8,10-11H,9,12-13H2,1H3,(H,19,20,21). The topological polar surface area (TPSA) is 50.8 Å². The van der Waals surface area contributed by atoms with Crippen LogP contribution in [0.3, 0.4) is 0 Å². The first-order chi connectivity index (χ1) is 10.8. The van der Waals surface area contributed by atoms with Gasteiger partial charge in [0.2, 0.25) is 0 Å². The van der Waals surface area contributed by atoms with Gasteiger partial charge >= 0.3 is 0 Å². The number of aryl methyl sites for hydroxylation is 3. The molecule has 0 aliphatic heterocycles. The van der Waals surface area contributed by atoms with E-state index in [1.54, 1.807) is 0 Å². The number of aromatic nitrogens is 3. The van der Waals surface area contributed by atoms with Crippen molar-refractivity contribution in [3.8, 4) is 5.75 Å². The van der Waals surface area contributed by atoms with Crippen LogP contribution in [0.2, 0.25) is 0 Å². The van der Waals surface area contributed by atoms with Crippen molar-refractivity contribution in [3.63, 3.8) is 0 Å². The Hall–Kier alpha value is -2.62. The van der Waals surface area contributed by atoms with Crippen LogP contribution in [0, 0.1) is 6.92 Å². The summed E-state index contributed by atoms with van der Waals surface area (Å²) in [5.41, 5.74) is 2.51. The van der Waals surface area contributed by atoms with Gasteiger partial charge in [0.05, 0.1) is 0 Å². The number of nitrogens with one attached hydrogen (secondary N) is 1. The summed E-state index contributed by atoms with van der Waals surface area (Å²) in [6.07, 6.45) is 1.77. The molecule has 0 fully saturated rings. The van der Waals surface area contributed by atoms with Crippen LogP contribution in [-0.2, 0) is 19.4 Å². The first kappa shape index (κ1) is 14.3. The van der Waals surface area contributed by atoms with E-state index in [0.29, 0.717) is 6.61 Å². The minimum atomic E-state index is 0.404. The fraction of sp³-hybridized carbons (Fsp3) is 0.222. The molecule has 0 saturated carbocycles. The fourth-order valence-corrected chi connectivity index (χ4v) is 2.20. The van der Waals surface area contributed by atoms with Gasteiger partial charge in [-0.3, -0.25) is 5.10 Å². The Bertz CT molecular complexity index is 705. The zero-order valence-electron chi connectivity index (χ0n) is 12.6. The first-order valence-corrected chi connectivity index (χ1v) is 7.43. The maximum Gasteiger partial charge on any atom is 0.162 e. The Morgan fingerprint density at radius 1 is 0.955 bits per heavy atom. The molecule has 1 N–H and O–H groups in total. The molecule has 0 bridgehead atoms. The van der Waals surface area contributed by atoms with Crippen molar-refractivity contribution in [1.82, 2.24) is 15.2 Å². The molecule has 0 spiro atoms. The molecule has 0 saturated heterocycles. The van der Waals surface area contributed by atoms with Crippen molar-refractivity contribution in [1.29, 1.82) is 0 Å². The Morgan fingerprint density at radius 3 is 2.50 bits per heavy atom. The number of ether oxygens (including phenoxy) is 1. The van der Waals surface area contributed by atoms with Crippen molar-refractivity contribution >= 4 is 0 Å². The summed E-state index contributed by atoms with van der Waals surface area (Å²) in [7, 11) is 0. The lowest BCUT2D eigenvalue weighted by Gasteiger charge is -2.03. The molecule has 3 aromatic rings. The summed E-state index contributed by atoms with van der Waals surface area (Å²) in [4.78, 5) is 4.47. The zero-order valence-corrected chi connectivity index (χ0v) is 12.6. The minimum Gasteiger partial charge on any atom is -0.486 e. The highest BCUT2D eigenvalue weighted by Gasteiger charge is 2.04. The third-order valence-electron chi connectivity index (χ3n) is 3.45. The van der Waals surface area contributed by atoms with Gasteiger partial charge in [0.25, 0.3) is 0 Å². The molecule has 4 nitrogen and oxygen atoms in total. The lowest BCUT2D eigenvalue weighted by atomic mass is 10.1. The van der Waals surface area contributed by atoms with E-state index in [1.807, 2.05) is 42.5 Å². The molecular formula is C18H19N3O. The maximum absolute atomic E-state index is 5.69. The van der Waals surface area contributed by atoms with Crippen LogP contribution in [0.5, 0.6) is 5.75 Å². The van der Waals surface area contributed by atoms with Crippen molar-refractivity contribution in [2.45, 2.75) is 26.4 Å². The molecule has 22 heavy (non-hydrogen) atoms. The number of rotatable bonds is 6. The third kappa shape index (κ3) is 3.95. The van der Waals surface area contributed by atoms with Gasteiger partial charge in [-0.05, 0) is 31.0 Å². The largest absolute Gasteiger partial charge is 0.486 e. The predicted octanol–water partition coefficient (Wildman–Crippen LogP) is 3.48. The second kappa shape index (κ2) is 6.89. The van der Waals surface area contributed by atoms with Gasteiger partial charge in [0, 0.05) is 6.42 Å². The van der Waals surface area contributed by atoms with Gasteiger partial charge in [-0.2, -0.15) is 5.10 Å². The second-order valence-electron chi connectivity index (χ2n) is 5.29. The summed E-state index contributed by atoms with van der Waals surface area (Å²) < 4.78 is 5.69. The Morgan fingerprint density at radius 2 is 1.73 bits per heavy atom. The number of hydrogen-bond donors (Lipinski definition) is 1. The van der Waals surface area contributed by atoms with Crippen LogP contribution in [0.1, 0.15) is 22.8 Å². The molecule has 3 rings (SSSR count). The van der Waals surface area contributed by atoms with Crippen LogP contribution < -0.4 is 4.74 Å². The summed E-state index contributed by atoms with van der Waals surface area (Å²) in [6, 6.07) is 18.3. The van der Waals surface area contributed by atoms with Gasteiger partial charge in [0.15, 0.2) is 11.6 Å². The third-order valence-corrected chi connectivity index (χ3v) is 3.45. The number of benzene rings is 2. The lowest BCUT2D eigenvalue weighted by molar-refractivity contribution is 0.296. The highest BCUT2D eigenvalue weighted by molar-refractivity contribution is 5.26. The monoisotopic (exact) mass is 293 g/mol. The van der Waals surface area contributed by atoms with E-state index < -0.39 is 0 Å². The van der Waals surface area contributed by atoms with Crippen LogP contribution in [0.4, 0.5) is 0 Å². The number of hydrogen-bond acceptors (Lipinski definition) is 3. The lowest BCUT2D eigenvalue weighted by Crippen LogP contribution is -1.98.